The summed E-state index contributed by atoms with van der Waals surface area (Å²) in [6.45, 7) is 2.05. The van der Waals surface area contributed by atoms with Crippen LogP contribution in [0.1, 0.15) is 36.0 Å². The van der Waals surface area contributed by atoms with Gasteiger partial charge in [0.15, 0.2) is 0 Å². The van der Waals surface area contributed by atoms with Crippen molar-refractivity contribution in [3.8, 4) is 17.2 Å². The molecule has 7 heteroatoms. The van der Waals surface area contributed by atoms with E-state index in [4.69, 9.17) is 30.8 Å². The van der Waals surface area contributed by atoms with Crippen LogP contribution in [0.4, 0.5) is 0 Å². The summed E-state index contributed by atoms with van der Waals surface area (Å²) in [7, 11) is -1.71. The Kier molecular flexibility index (Phi) is 11.2. The van der Waals surface area contributed by atoms with Crippen molar-refractivity contribution in [1.82, 2.24) is 0 Å². The van der Waals surface area contributed by atoms with E-state index in [9.17, 15) is 0 Å². The predicted molar refractivity (Wildman–Crippen MR) is 140 cm³/mol. The lowest BCUT2D eigenvalue weighted by Gasteiger charge is -2.18. The van der Waals surface area contributed by atoms with Gasteiger partial charge >= 0.3 is 8.60 Å². The molecule has 0 heterocycles. The van der Waals surface area contributed by atoms with E-state index in [1.807, 2.05) is 36.4 Å². The Balaban J connectivity index is 1.69. The molecule has 0 saturated heterocycles. The highest BCUT2D eigenvalue weighted by atomic mass is 31.2. The van der Waals surface area contributed by atoms with Gasteiger partial charge in [0.05, 0.1) is 0 Å². The maximum Gasteiger partial charge on any atom is 0.530 e. The number of benzene rings is 3. The first-order valence-electron chi connectivity index (χ1n) is 11.9. The second-order valence-corrected chi connectivity index (χ2v) is 9.10. The molecule has 3 aromatic rings. The molecular weight excluding hydrogens is 445 g/mol. The molecule has 0 spiro atoms. The molecule has 182 valence electrons. The van der Waals surface area contributed by atoms with Gasteiger partial charge in [-0.05, 0) is 111 Å². The van der Waals surface area contributed by atoms with Crippen LogP contribution in [0.15, 0.2) is 72.8 Å². The predicted octanol–water partition coefficient (Wildman–Crippen LogP) is 5.12. The van der Waals surface area contributed by atoms with Gasteiger partial charge in [-0.3, -0.25) is 0 Å². The van der Waals surface area contributed by atoms with Crippen LogP contribution in [0.3, 0.4) is 0 Å². The molecule has 0 amide bonds. The fraction of sp³-hybridized carbons (Fsp3) is 0.333. The number of hydrogen-bond acceptors (Lipinski definition) is 6. The molecule has 0 saturated carbocycles. The summed E-state index contributed by atoms with van der Waals surface area (Å²) in [6.07, 6.45) is 5.73. The molecule has 0 unspecified atom stereocenters. The molecule has 0 aliphatic carbocycles. The van der Waals surface area contributed by atoms with Crippen LogP contribution in [0.2, 0.25) is 0 Å². The maximum absolute atomic E-state index is 6.13. The zero-order valence-corrected chi connectivity index (χ0v) is 20.6. The highest BCUT2D eigenvalue weighted by Gasteiger charge is 2.20. The maximum atomic E-state index is 6.13. The van der Waals surface area contributed by atoms with Gasteiger partial charge in [0.1, 0.15) is 17.2 Å². The standard InChI is InChI=1S/C27H36N3O3P/c28-19-1-4-22-7-13-25(14-8-22)31-34(32-26-15-9-23(10-16-26)5-2-20-29)33-27-17-11-24(12-18-27)6-3-21-30/h7-18H,1-6,19-21,28-30H2. The van der Waals surface area contributed by atoms with Crippen LogP contribution < -0.4 is 30.8 Å². The Hall–Kier alpha value is -2.63. The van der Waals surface area contributed by atoms with Crippen molar-refractivity contribution in [1.29, 1.82) is 0 Å². The number of nitrogens with two attached hydrogens (primary N) is 3. The lowest BCUT2D eigenvalue weighted by Crippen LogP contribution is -2.03. The molecular formula is C27H36N3O3P. The Bertz CT molecular complexity index is 823. The number of rotatable bonds is 15. The largest absolute Gasteiger partial charge is 0.530 e. The fourth-order valence-corrected chi connectivity index (χ4v) is 4.38. The Labute approximate surface area is 204 Å². The second-order valence-electron chi connectivity index (χ2n) is 8.11. The third-order valence-corrected chi connectivity index (χ3v) is 6.40. The SMILES string of the molecule is NCCCc1ccc(OP(Oc2ccc(CCCN)cc2)Oc2ccc(CCCN)cc2)cc1. The quantitative estimate of drug-likeness (QED) is 0.260. The molecule has 0 radical (unpaired) electrons. The average molecular weight is 482 g/mol. The Morgan fingerprint density at radius 3 is 0.941 bits per heavy atom. The first-order valence-corrected chi connectivity index (χ1v) is 13.0. The first kappa shape index (κ1) is 26.0. The van der Waals surface area contributed by atoms with Crippen LogP contribution in [0.25, 0.3) is 0 Å². The van der Waals surface area contributed by atoms with E-state index < -0.39 is 8.60 Å². The summed E-state index contributed by atoms with van der Waals surface area (Å²) >= 11 is 0. The smallest absolute Gasteiger partial charge is 0.409 e. The lowest BCUT2D eigenvalue weighted by molar-refractivity contribution is 0.388. The zero-order valence-electron chi connectivity index (χ0n) is 19.7. The zero-order chi connectivity index (χ0) is 24.0. The summed E-state index contributed by atoms with van der Waals surface area (Å²) in [5.74, 6) is 2.09. The lowest BCUT2D eigenvalue weighted by atomic mass is 10.1. The normalized spacial score (nSPS) is 10.9. The summed E-state index contributed by atoms with van der Waals surface area (Å²) in [4.78, 5) is 0. The van der Waals surface area contributed by atoms with Gasteiger partial charge in [-0.1, -0.05) is 36.4 Å². The van der Waals surface area contributed by atoms with Crippen molar-refractivity contribution in [2.75, 3.05) is 19.6 Å². The van der Waals surface area contributed by atoms with E-state index >= 15 is 0 Å². The molecule has 6 N–H and O–H groups in total. The summed E-state index contributed by atoms with van der Waals surface area (Å²) in [5, 5.41) is 0. The molecule has 3 rings (SSSR count). The van der Waals surface area contributed by atoms with Crippen molar-refractivity contribution >= 4 is 8.60 Å². The van der Waals surface area contributed by atoms with Gasteiger partial charge in [-0.15, -0.1) is 0 Å². The van der Waals surface area contributed by atoms with Gasteiger partial charge in [-0.25, -0.2) is 0 Å². The molecule has 0 aromatic heterocycles. The molecule has 0 aliphatic heterocycles. The topological polar surface area (TPSA) is 106 Å². The van der Waals surface area contributed by atoms with Gasteiger partial charge in [0.25, 0.3) is 0 Å². The second kappa shape index (κ2) is 14.6. The summed E-state index contributed by atoms with van der Waals surface area (Å²) in [6, 6.07) is 24.0. The van der Waals surface area contributed by atoms with E-state index in [0.29, 0.717) is 36.9 Å². The molecule has 0 atom stereocenters. The van der Waals surface area contributed by atoms with Gasteiger partial charge in [0.2, 0.25) is 0 Å². The Morgan fingerprint density at radius 1 is 0.441 bits per heavy atom. The monoisotopic (exact) mass is 481 g/mol. The highest BCUT2D eigenvalue weighted by molar-refractivity contribution is 7.43. The third-order valence-electron chi connectivity index (χ3n) is 5.32. The fourth-order valence-electron chi connectivity index (χ4n) is 3.38. The number of hydrogen-bond donors (Lipinski definition) is 3. The summed E-state index contributed by atoms with van der Waals surface area (Å²) in [5.41, 5.74) is 20.5. The van der Waals surface area contributed by atoms with E-state index in [0.717, 1.165) is 38.5 Å². The van der Waals surface area contributed by atoms with Crippen LogP contribution in [0.5, 0.6) is 17.2 Å². The first-order chi connectivity index (χ1) is 16.7. The van der Waals surface area contributed by atoms with E-state index in [2.05, 4.69) is 36.4 Å². The molecule has 0 aliphatic rings. The Morgan fingerprint density at radius 2 is 0.706 bits per heavy atom. The van der Waals surface area contributed by atoms with E-state index in [-0.39, 0.29) is 0 Å². The van der Waals surface area contributed by atoms with Gasteiger partial charge < -0.3 is 30.8 Å². The minimum Gasteiger partial charge on any atom is -0.409 e. The van der Waals surface area contributed by atoms with Crippen molar-refractivity contribution in [2.24, 2.45) is 17.2 Å². The van der Waals surface area contributed by atoms with Crippen LogP contribution in [-0.4, -0.2) is 19.6 Å². The number of aryl methyl sites for hydroxylation is 3. The van der Waals surface area contributed by atoms with Gasteiger partial charge in [0, 0.05) is 0 Å². The van der Waals surface area contributed by atoms with E-state index in [1.165, 1.54) is 16.7 Å². The molecule has 6 nitrogen and oxygen atoms in total. The van der Waals surface area contributed by atoms with Crippen LogP contribution >= 0.6 is 8.60 Å². The van der Waals surface area contributed by atoms with Crippen molar-refractivity contribution in [2.45, 2.75) is 38.5 Å². The van der Waals surface area contributed by atoms with E-state index in [1.54, 1.807) is 0 Å². The van der Waals surface area contributed by atoms with Crippen molar-refractivity contribution < 1.29 is 13.6 Å². The molecule has 0 bridgehead atoms. The minimum absolute atomic E-state index is 0.682. The van der Waals surface area contributed by atoms with Crippen molar-refractivity contribution in [3.05, 3.63) is 89.5 Å². The minimum atomic E-state index is -1.71. The van der Waals surface area contributed by atoms with Crippen LogP contribution in [-0.2, 0) is 19.3 Å². The third kappa shape index (κ3) is 8.96. The molecule has 34 heavy (non-hydrogen) atoms. The van der Waals surface area contributed by atoms with Crippen molar-refractivity contribution in [3.63, 3.8) is 0 Å². The molecule has 3 aromatic carbocycles. The highest BCUT2D eigenvalue weighted by Crippen LogP contribution is 2.42. The molecule has 0 fully saturated rings. The average Bonchev–Trinajstić information content (AvgIpc) is 2.87. The summed E-state index contributed by atoms with van der Waals surface area (Å²) < 4.78 is 18.4. The van der Waals surface area contributed by atoms with Gasteiger partial charge in [-0.2, -0.15) is 0 Å². The van der Waals surface area contributed by atoms with Crippen LogP contribution in [0, 0.1) is 0 Å².